The normalized spacial score (nSPS) is 13.7. The third-order valence-corrected chi connectivity index (χ3v) is 7.98. The van der Waals surface area contributed by atoms with Crippen LogP contribution in [0.25, 0.3) is 22.3 Å². The number of benzene rings is 4. The Balaban J connectivity index is 1.29. The van der Waals surface area contributed by atoms with Gasteiger partial charge in [0, 0.05) is 17.7 Å². The van der Waals surface area contributed by atoms with Gasteiger partial charge >= 0.3 is 0 Å². The van der Waals surface area contributed by atoms with E-state index in [1.165, 1.54) is 48.8 Å². The van der Waals surface area contributed by atoms with Gasteiger partial charge < -0.3 is 18.9 Å². The molecular formula is C36H39ClO4. The maximum Gasteiger partial charge on any atom is 0.119 e. The first-order valence-electron chi connectivity index (χ1n) is 14.6. The zero-order valence-electron chi connectivity index (χ0n) is 23.8. The minimum atomic E-state index is 0.414. The van der Waals surface area contributed by atoms with Gasteiger partial charge in [-0.05, 0) is 83.0 Å². The summed E-state index contributed by atoms with van der Waals surface area (Å²) in [6, 6.07) is 31.4. The molecule has 0 radical (unpaired) electrons. The van der Waals surface area contributed by atoms with Gasteiger partial charge in [-0.2, -0.15) is 0 Å². The number of hydrogen-bond donors (Lipinski definition) is 0. The van der Waals surface area contributed by atoms with Crippen molar-refractivity contribution >= 4 is 11.6 Å². The minimum Gasteiger partial charge on any atom is -0.491 e. The van der Waals surface area contributed by atoms with Gasteiger partial charge in [-0.1, -0.05) is 85.5 Å². The van der Waals surface area contributed by atoms with Gasteiger partial charge in [0.15, 0.2) is 0 Å². The summed E-state index contributed by atoms with van der Waals surface area (Å²) in [5.41, 5.74) is 7.27. The molecule has 0 atom stereocenters. The van der Waals surface area contributed by atoms with E-state index in [1.54, 1.807) is 7.11 Å². The highest BCUT2D eigenvalue weighted by Crippen LogP contribution is 2.38. The van der Waals surface area contributed by atoms with E-state index < -0.39 is 0 Å². The van der Waals surface area contributed by atoms with Crippen LogP contribution in [0, 0.1) is 0 Å². The first-order valence-corrected chi connectivity index (χ1v) is 15.0. The average molecular weight is 571 g/mol. The summed E-state index contributed by atoms with van der Waals surface area (Å²) in [5, 5.41) is 0.713. The second-order valence-electron chi connectivity index (χ2n) is 10.5. The molecule has 1 fully saturated rings. The highest BCUT2D eigenvalue weighted by atomic mass is 35.5. The van der Waals surface area contributed by atoms with E-state index in [-0.39, 0.29) is 0 Å². The first-order chi connectivity index (χ1) is 20.2. The largest absolute Gasteiger partial charge is 0.491 e. The smallest absolute Gasteiger partial charge is 0.119 e. The van der Waals surface area contributed by atoms with Crippen molar-refractivity contribution in [2.24, 2.45) is 0 Å². The lowest BCUT2D eigenvalue weighted by Crippen LogP contribution is -2.10. The van der Waals surface area contributed by atoms with Crippen molar-refractivity contribution in [3.05, 3.63) is 107 Å². The summed E-state index contributed by atoms with van der Waals surface area (Å²) in [7, 11) is 1.66. The summed E-state index contributed by atoms with van der Waals surface area (Å²) in [4.78, 5) is 0. The minimum absolute atomic E-state index is 0.414. The van der Waals surface area contributed by atoms with Crippen LogP contribution in [0.3, 0.4) is 0 Å². The van der Waals surface area contributed by atoms with Gasteiger partial charge in [0.2, 0.25) is 0 Å². The molecule has 5 rings (SSSR count). The summed E-state index contributed by atoms with van der Waals surface area (Å²) in [6.07, 6.45) is 6.61. The number of methoxy groups -OCH3 is 1. The second kappa shape index (κ2) is 15.1. The molecule has 1 saturated carbocycles. The molecule has 4 aromatic carbocycles. The van der Waals surface area contributed by atoms with E-state index in [0.29, 0.717) is 44.0 Å². The van der Waals surface area contributed by atoms with Gasteiger partial charge in [-0.3, -0.25) is 0 Å². The molecule has 0 heterocycles. The van der Waals surface area contributed by atoms with Crippen molar-refractivity contribution in [2.45, 2.75) is 44.6 Å². The molecule has 0 saturated heterocycles. The Morgan fingerprint density at radius 3 is 2.12 bits per heavy atom. The van der Waals surface area contributed by atoms with Crippen LogP contribution >= 0.6 is 11.6 Å². The molecule has 0 aliphatic heterocycles. The Kier molecular flexibility index (Phi) is 10.7. The van der Waals surface area contributed by atoms with E-state index in [9.17, 15) is 0 Å². The van der Waals surface area contributed by atoms with Gasteiger partial charge in [-0.15, -0.1) is 0 Å². The number of rotatable bonds is 13. The Hall–Kier alpha value is -3.31. The lowest BCUT2D eigenvalue weighted by Gasteiger charge is -2.24. The van der Waals surface area contributed by atoms with Crippen molar-refractivity contribution in [3.8, 4) is 33.8 Å². The third kappa shape index (κ3) is 8.13. The molecule has 0 aromatic heterocycles. The molecule has 0 spiro atoms. The summed E-state index contributed by atoms with van der Waals surface area (Å²) < 4.78 is 22.8. The van der Waals surface area contributed by atoms with Crippen LogP contribution in [-0.4, -0.2) is 33.5 Å². The Morgan fingerprint density at radius 2 is 1.34 bits per heavy atom. The fourth-order valence-electron chi connectivity index (χ4n) is 5.57. The predicted molar refractivity (Wildman–Crippen MR) is 167 cm³/mol. The molecule has 4 nitrogen and oxygen atoms in total. The standard InChI is InChI=1S/C36H39ClO4/c1-38-21-22-39-23-24-40-33-19-20-34(28-11-15-31(37)16-12-28)30(25-33)26-41-32-17-13-29(14-18-32)36-10-6-5-9-35(36)27-7-3-2-4-8-27/h5-6,9-20,25,27H,2-4,7-8,21-24,26H2,1H3. The molecule has 214 valence electrons. The van der Waals surface area contributed by atoms with Crippen LogP contribution in [0.4, 0.5) is 0 Å². The molecule has 0 amide bonds. The van der Waals surface area contributed by atoms with E-state index in [0.717, 1.165) is 28.2 Å². The number of ether oxygens (including phenoxy) is 4. The van der Waals surface area contributed by atoms with Crippen molar-refractivity contribution in [2.75, 3.05) is 33.5 Å². The zero-order chi connectivity index (χ0) is 28.3. The maximum absolute atomic E-state index is 6.32. The van der Waals surface area contributed by atoms with Crippen molar-refractivity contribution in [3.63, 3.8) is 0 Å². The van der Waals surface area contributed by atoms with E-state index in [2.05, 4.69) is 54.6 Å². The van der Waals surface area contributed by atoms with Gasteiger partial charge in [0.25, 0.3) is 0 Å². The van der Waals surface area contributed by atoms with Crippen LogP contribution < -0.4 is 9.47 Å². The predicted octanol–water partition coefficient (Wildman–Crippen LogP) is 9.34. The van der Waals surface area contributed by atoms with Gasteiger partial charge in [0.05, 0.1) is 19.8 Å². The SMILES string of the molecule is COCCOCCOc1ccc(-c2ccc(Cl)cc2)c(COc2ccc(-c3ccccc3C3CCCCC3)cc2)c1. The number of hydrogen-bond acceptors (Lipinski definition) is 4. The molecule has 5 heteroatoms. The molecular weight excluding hydrogens is 532 g/mol. The molecule has 4 aromatic rings. The molecule has 0 unspecified atom stereocenters. The first kappa shape index (κ1) is 29.2. The molecule has 1 aliphatic rings. The third-order valence-electron chi connectivity index (χ3n) is 7.73. The van der Waals surface area contributed by atoms with Crippen molar-refractivity contribution in [1.82, 2.24) is 0 Å². The van der Waals surface area contributed by atoms with Crippen LogP contribution in [-0.2, 0) is 16.1 Å². The van der Waals surface area contributed by atoms with E-state index in [4.69, 9.17) is 30.5 Å². The fourth-order valence-corrected chi connectivity index (χ4v) is 5.70. The Labute approximate surface area is 249 Å². The second-order valence-corrected chi connectivity index (χ2v) is 11.0. The maximum atomic E-state index is 6.32. The van der Waals surface area contributed by atoms with Gasteiger partial charge in [-0.25, -0.2) is 0 Å². The topological polar surface area (TPSA) is 36.9 Å². The van der Waals surface area contributed by atoms with E-state index in [1.807, 2.05) is 36.4 Å². The van der Waals surface area contributed by atoms with Crippen molar-refractivity contribution in [1.29, 1.82) is 0 Å². The Morgan fingerprint density at radius 1 is 0.659 bits per heavy atom. The molecule has 41 heavy (non-hydrogen) atoms. The molecule has 0 N–H and O–H groups in total. The lowest BCUT2D eigenvalue weighted by atomic mass is 9.81. The zero-order valence-corrected chi connectivity index (χ0v) is 24.6. The lowest BCUT2D eigenvalue weighted by molar-refractivity contribution is 0.0544. The number of halogens is 1. The highest BCUT2D eigenvalue weighted by Gasteiger charge is 2.19. The monoisotopic (exact) mass is 570 g/mol. The van der Waals surface area contributed by atoms with Crippen molar-refractivity contribution < 1.29 is 18.9 Å². The summed E-state index contributed by atoms with van der Waals surface area (Å²) in [5.74, 6) is 2.28. The fraction of sp³-hybridized carbons (Fsp3) is 0.333. The molecule has 1 aliphatic carbocycles. The quantitative estimate of drug-likeness (QED) is 0.150. The summed E-state index contributed by atoms with van der Waals surface area (Å²) >= 11 is 6.15. The van der Waals surface area contributed by atoms with Crippen LogP contribution in [0.2, 0.25) is 5.02 Å². The van der Waals surface area contributed by atoms with E-state index >= 15 is 0 Å². The Bertz CT molecular complexity index is 1360. The molecule has 0 bridgehead atoms. The van der Waals surface area contributed by atoms with Crippen LogP contribution in [0.1, 0.15) is 49.1 Å². The van der Waals surface area contributed by atoms with Crippen LogP contribution in [0.15, 0.2) is 91.0 Å². The van der Waals surface area contributed by atoms with Crippen LogP contribution in [0.5, 0.6) is 11.5 Å². The average Bonchev–Trinajstić information content (AvgIpc) is 3.03. The summed E-state index contributed by atoms with van der Waals surface area (Å²) in [6.45, 7) is 2.51. The highest BCUT2D eigenvalue weighted by molar-refractivity contribution is 6.30. The van der Waals surface area contributed by atoms with Gasteiger partial charge in [0.1, 0.15) is 24.7 Å².